The number of nitrogens with zero attached hydrogens (tertiary/aromatic N) is 4. The molecular weight excluding hydrogens is 330 g/mol. The molecule has 2 aliphatic rings. The SMILES string of the molecule is CN1CCCC(C(=O)N2CCc3c(nc(-c4cccnc4)[nH]c3=O)C2)C1. The quantitative estimate of drug-likeness (QED) is 0.873. The largest absolute Gasteiger partial charge is 0.336 e. The molecule has 1 fully saturated rings. The third-order valence-corrected chi connectivity index (χ3v) is 5.29. The molecule has 1 saturated heterocycles. The Morgan fingerprint density at radius 2 is 2.23 bits per heavy atom. The smallest absolute Gasteiger partial charge is 0.254 e. The molecule has 0 spiro atoms. The Labute approximate surface area is 152 Å². The number of rotatable bonds is 2. The number of aromatic amines is 1. The zero-order chi connectivity index (χ0) is 18.1. The summed E-state index contributed by atoms with van der Waals surface area (Å²) in [5.41, 5.74) is 2.06. The fourth-order valence-corrected chi connectivity index (χ4v) is 3.89. The summed E-state index contributed by atoms with van der Waals surface area (Å²) in [5, 5.41) is 0. The van der Waals surface area contributed by atoms with Crippen LogP contribution in [0.2, 0.25) is 0 Å². The highest BCUT2D eigenvalue weighted by atomic mass is 16.2. The molecule has 26 heavy (non-hydrogen) atoms. The van der Waals surface area contributed by atoms with E-state index in [9.17, 15) is 9.59 Å². The molecule has 0 bridgehead atoms. The standard InChI is InChI=1S/C19H23N5O2/c1-23-8-3-5-14(11-23)19(26)24-9-6-15-16(12-24)21-17(22-18(15)25)13-4-2-7-20-10-13/h2,4,7,10,14H,3,5-6,8-9,11-12H2,1H3,(H,21,22,25). The van der Waals surface area contributed by atoms with Crippen LogP contribution in [0.15, 0.2) is 29.3 Å². The second-order valence-electron chi connectivity index (χ2n) is 7.19. The molecule has 0 aliphatic carbocycles. The van der Waals surface area contributed by atoms with Gasteiger partial charge in [0.15, 0.2) is 0 Å². The van der Waals surface area contributed by atoms with Crippen LogP contribution in [-0.4, -0.2) is 57.3 Å². The molecule has 7 heteroatoms. The third kappa shape index (κ3) is 3.26. The molecule has 7 nitrogen and oxygen atoms in total. The maximum atomic E-state index is 12.9. The molecule has 0 saturated carbocycles. The van der Waals surface area contributed by atoms with Gasteiger partial charge < -0.3 is 14.8 Å². The van der Waals surface area contributed by atoms with E-state index in [4.69, 9.17) is 0 Å². The average molecular weight is 353 g/mol. The van der Waals surface area contributed by atoms with Crippen LogP contribution >= 0.6 is 0 Å². The van der Waals surface area contributed by atoms with Gasteiger partial charge in [0.05, 0.1) is 18.2 Å². The Hall–Kier alpha value is -2.54. The molecule has 2 aromatic heterocycles. The summed E-state index contributed by atoms with van der Waals surface area (Å²) < 4.78 is 0. The fraction of sp³-hybridized carbons (Fsp3) is 0.474. The van der Waals surface area contributed by atoms with Crippen molar-refractivity contribution < 1.29 is 4.79 Å². The van der Waals surface area contributed by atoms with Crippen molar-refractivity contribution in [3.8, 4) is 11.4 Å². The maximum absolute atomic E-state index is 12.9. The Bertz CT molecular complexity index is 864. The minimum Gasteiger partial charge on any atom is -0.336 e. The zero-order valence-electron chi connectivity index (χ0n) is 14.9. The molecule has 1 N–H and O–H groups in total. The van der Waals surface area contributed by atoms with E-state index in [1.807, 2.05) is 17.0 Å². The van der Waals surface area contributed by atoms with Gasteiger partial charge in [0.2, 0.25) is 5.91 Å². The van der Waals surface area contributed by atoms with Gasteiger partial charge >= 0.3 is 0 Å². The van der Waals surface area contributed by atoms with E-state index in [0.717, 1.165) is 31.5 Å². The number of carbonyl (C=O) groups is 1. The van der Waals surface area contributed by atoms with Crippen LogP contribution in [0.4, 0.5) is 0 Å². The first-order valence-corrected chi connectivity index (χ1v) is 9.11. The van der Waals surface area contributed by atoms with Crippen LogP contribution in [0.5, 0.6) is 0 Å². The van der Waals surface area contributed by atoms with E-state index in [0.29, 0.717) is 36.6 Å². The van der Waals surface area contributed by atoms with Gasteiger partial charge in [-0.05, 0) is 45.0 Å². The van der Waals surface area contributed by atoms with Gasteiger partial charge in [-0.1, -0.05) is 0 Å². The lowest BCUT2D eigenvalue weighted by molar-refractivity contribution is -0.138. The van der Waals surface area contributed by atoms with Crippen molar-refractivity contribution in [1.29, 1.82) is 0 Å². The van der Waals surface area contributed by atoms with Crippen LogP contribution in [0.1, 0.15) is 24.1 Å². The molecule has 2 aliphatic heterocycles. The highest BCUT2D eigenvalue weighted by Crippen LogP contribution is 2.23. The van der Waals surface area contributed by atoms with E-state index in [1.165, 1.54) is 0 Å². The molecule has 0 aromatic carbocycles. The van der Waals surface area contributed by atoms with E-state index in [1.54, 1.807) is 12.4 Å². The van der Waals surface area contributed by atoms with Gasteiger partial charge in [0, 0.05) is 36.6 Å². The monoisotopic (exact) mass is 353 g/mol. The number of H-pyrrole nitrogens is 1. The molecule has 4 heterocycles. The van der Waals surface area contributed by atoms with Crippen LogP contribution in [-0.2, 0) is 17.8 Å². The van der Waals surface area contributed by atoms with Crippen molar-refractivity contribution in [1.82, 2.24) is 24.8 Å². The number of aromatic nitrogens is 3. The molecule has 1 unspecified atom stereocenters. The van der Waals surface area contributed by atoms with E-state index in [2.05, 4.69) is 26.9 Å². The average Bonchev–Trinajstić information content (AvgIpc) is 2.67. The molecule has 0 radical (unpaired) electrons. The first-order chi connectivity index (χ1) is 12.6. The second kappa shape index (κ2) is 6.99. The predicted molar refractivity (Wildman–Crippen MR) is 97.4 cm³/mol. The Morgan fingerprint density at radius 1 is 1.35 bits per heavy atom. The highest BCUT2D eigenvalue weighted by Gasteiger charge is 2.31. The summed E-state index contributed by atoms with van der Waals surface area (Å²) in [5.74, 6) is 0.746. The first kappa shape index (κ1) is 16.9. The number of pyridine rings is 1. The summed E-state index contributed by atoms with van der Waals surface area (Å²) in [6, 6.07) is 3.67. The van der Waals surface area contributed by atoms with Crippen LogP contribution in [0.3, 0.4) is 0 Å². The number of hydrogen-bond acceptors (Lipinski definition) is 5. The minimum absolute atomic E-state index is 0.0510. The zero-order valence-corrected chi connectivity index (χ0v) is 14.9. The van der Waals surface area contributed by atoms with Gasteiger partial charge in [0.25, 0.3) is 5.56 Å². The maximum Gasteiger partial charge on any atom is 0.254 e. The lowest BCUT2D eigenvalue weighted by Gasteiger charge is -2.35. The Kier molecular flexibility index (Phi) is 4.55. The van der Waals surface area contributed by atoms with Crippen LogP contribution < -0.4 is 5.56 Å². The Morgan fingerprint density at radius 3 is 3.00 bits per heavy atom. The van der Waals surface area contributed by atoms with E-state index < -0.39 is 0 Å². The molecular formula is C19H23N5O2. The predicted octanol–water partition coefficient (Wildman–Crippen LogP) is 1.06. The normalized spacial score (nSPS) is 20.7. The van der Waals surface area contributed by atoms with E-state index >= 15 is 0 Å². The molecule has 4 rings (SSSR count). The molecule has 1 atom stereocenters. The number of fused-ring (bicyclic) bond motifs is 1. The fourth-order valence-electron chi connectivity index (χ4n) is 3.89. The van der Waals surface area contributed by atoms with Gasteiger partial charge in [0.1, 0.15) is 5.82 Å². The molecule has 2 aromatic rings. The molecule has 1 amide bonds. The summed E-state index contributed by atoms with van der Waals surface area (Å²) in [7, 11) is 2.06. The summed E-state index contributed by atoms with van der Waals surface area (Å²) in [6.07, 6.45) is 5.91. The van der Waals surface area contributed by atoms with Crippen molar-refractivity contribution in [2.45, 2.75) is 25.8 Å². The number of piperidine rings is 1. The van der Waals surface area contributed by atoms with Gasteiger partial charge in [-0.15, -0.1) is 0 Å². The lowest BCUT2D eigenvalue weighted by atomic mass is 9.95. The van der Waals surface area contributed by atoms with Gasteiger partial charge in [-0.2, -0.15) is 0 Å². The lowest BCUT2D eigenvalue weighted by Crippen LogP contribution is -2.46. The number of amides is 1. The topological polar surface area (TPSA) is 82.2 Å². The Balaban J connectivity index is 1.58. The minimum atomic E-state index is -0.113. The van der Waals surface area contributed by atoms with Gasteiger partial charge in [-0.3, -0.25) is 14.6 Å². The van der Waals surface area contributed by atoms with Crippen LogP contribution in [0, 0.1) is 5.92 Å². The van der Waals surface area contributed by atoms with Crippen molar-refractivity contribution in [3.05, 3.63) is 46.1 Å². The van der Waals surface area contributed by atoms with Crippen molar-refractivity contribution in [3.63, 3.8) is 0 Å². The summed E-state index contributed by atoms with van der Waals surface area (Å²) >= 11 is 0. The number of likely N-dealkylation sites (tertiary alicyclic amines) is 1. The summed E-state index contributed by atoms with van der Waals surface area (Å²) in [6.45, 7) is 2.86. The van der Waals surface area contributed by atoms with Crippen LogP contribution in [0.25, 0.3) is 11.4 Å². The third-order valence-electron chi connectivity index (χ3n) is 5.29. The van der Waals surface area contributed by atoms with E-state index in [-0.39, 0.29) is 17.4 Å². The number of hydrogen-bond donors (Lipinski definition) is 1. The number of carbonyl (C=O) groups excluding carboxylic acids is 1. The highest BCUT2D eigenvalue weighted by molar-refractivity contribution is 5.79. The first-order valence-electron chi connectivity index (χ1n) is 9.11. The van der Waals surface area contributed by atoms with Crippen molar-refractivity contribution in [2.24, 2.45) is 5.92 Å². The van der Waals surface area contributed by atoms with Gasteiger partial charge in [-0.25, -0.2) is 4.98 Å². The molecule has 136 valence electrons. The number of nitrogens with one attached hydrogen (secondary N) is 1. The van der Waals surface area contributed by atoms with Crippen molar-refractivity contribution in [2.75, 3.05) is 26.7 Å². The van der Waals surface area contributed by atoms with Crippen molar-refractivity contribution >= 4 is 5.91 Å². The second-order valence-corrected chi connectivity index (χ2v) is 7.19. The summed E-state index contributed by atoms with van der Waals surface area (Å²) in [4.78, 5) is 41.0.